The van der Waals surface area contributed by atoms with Gasteiger partial charge in [-0.15, -0.1) is 0 Å². The van der Waals surface area contributed by atoms with Gasteiger partial charge in [0.05, 0.1) is 29.5 Å². The molecule has 0 aliphatic carbocycles. The minimum Gasteiger partial charge on any atom is -0.468 e. The lowest BCUT2D eigenvalue weighted by molar-refractivity contribution is -0.150. The molecule has 1 aliphatic rings. The Morgan fingerprint density at radius 1 is 1.22 bits per heavy atom. The number of rotatable bonds is 6. The Labute approximate surface area is 188 Å². The summed E-state index contributed by atoms with van der Waals surface area (Å²) in [5.74, 6) is -5.34. The van der Waals surface area contributed by atoms with Crippen LogP contribution < -0.4 is 10.6 Å². The van der Waals surface area contributed by atoms with Crippen LogP contribution in [-0.4, -0.2) is 30.6 Å². The molecule has 1 aliphatic heterocycles. The number of nitrogens with one attached hydrogen (secondary N) is 2. The normalized spacial score (nSPS) is 17.9. The van der Waals surface area contributed by atoms with Gasteiger partial charge in [0.25, 0.3) is 0 Å². The smallest absolute Gasteiger partial charge is 0.319 e. The quantitative estimate of drug-likeness (QED) is 0.514. The average Bonchev–Trinajstić information content (AvgIpc) is 2.78. The number of carbonyl (C=O) groups is 3. The van der Waals surface area contributed by atoms with Crippen LogP contribution in [0.4, 0.5) is 10.1 Å². The summed E-state index contributed by atoms with van der Waals surface area (Å²) in [6.07, 6.45) is 0. The van der Waals surface area contributed by atoms with Gasteiger partial charge in [0.2, 0.25) is 11.8 Å². The van der Waals surface area contributed by atoms with Crippen molar-refractivity contribution in [3.8, 4) is 6.07 Å². The van der Waals surface area contributed by atoms with Crippen LogP contribution >= 0.6 is 11.8 Å². The van der Waals surface area contributed by atoms with E-state index < -0.39 is 29.5 Å². The molecule has 9 heteroatoms. The molecule has 0 aromatic heterocycles. The molecule has 2 aromatic carbocycles. The van der Waals surface area contributed by atoms with E-state index >= 15 is 0 Å². The van der Waals surface area contributed by atoms with E-state index in [0.717, 1.165) is 24.4 Å². The molecule has 0 unspecified atom stereocenters. The lowest BCUT2D eigenvalue weighted by Gasteiger charge is -2.31. The molecule has 0 radical (unpaired) electrons. The Hall–Kier alpha value is -3.64. The molecule has 0 spiro atoms. The van der Waals surface area contributed by atoms with Gasteiger partial charge in [0, 0.05) is 11.6 Å². The van der Waals surface area contributed by atoms with E-state index in [9.17, 15) is 24.0 Å². The zero-order valence-electron chi connectivity index (χ0n) is 17.3. The standard InChI is InChI=1S/C23H20FN3O4S/c1-13-7-3-6-10-17(13)26-18(28)12-32-22-15(11-25)19(14-8-4-5-9-16(14)24)20(21(29)27-22)23(30)31-2/h3-10,19-20H,12H2,1-2H3,(H,26,28)(H,27,29)/t19-,20-/m1/s1. The number of amides is 2. The number of aryl methyl sites for hydroxylation is 1. The molecule has 2 atom stereocenters. The van der Waals surface area contributed by atoms with E-state index in [4.69, 9.17) is 4.74 Å². The van der Waals surface area contributed by atoms with Gasteiger partial charge in [-0.1, -0.05) is 48.2 Å². The van der Waals surface area contributed by atoms with E-state index in [0.29, 0.717) is 5.69 Å². The van der Waals surface area contributed by atoms with Crippen LogP contribution in [-0.2, 0) is 19.1 Å². The van der Waals surface area contributed by atoms with Crippen molar-refractivity contribution in [2.24, 2.45) is 5.92 Å². The number of thioether (sulfide) groups is 1. The number of nitriles is 1. The summed E-state index contributed by atoms with van der Waals surface area (Å²) < 4.78 is 19.3. The second-order valence-electron chi connectivity index (χ2n) is 7.00. The molecule has 2 amide bonds. The molecule has 0 saturated heterocycles. The second-order valence-corrected chi connectivity index (χ2v) is 7.98. The van der Waals surface area contributed by atoms with Gasteiger partial charge < -0.3 is 15.4 Å². The van der Waals surface area contributed by atoms with Crippen LogP contribution in [0.3, 0.4) is 0 Å². The number of nitrogens with zero attached hydrogens (tertiary/aromatic N) is 1. The predicted octanol–water partition coefficient (Wildman–Crippen LogP) is 3.24. The summed E-state index contributed by atoms with van der Waals surface area (Å²) in [7, 11) is 1.12. The molecule has 2 aromatic rings. The van der Waals surface area contributed by atoms with Gasteiger partial charge >= 0.3 is 5.97 Å². The molecule has 0 saturated carbocycles. The zero-order chi connectivity index (χ0) is 23.3. The van der Waals surface area contributed by atoms with Gasteiger partial charge in [-0.25, -0.2) is 4.39 Å². The number of para-hydroxylation sites is 1. The van der Waals surface area contributed by atoms with Crippen molar-refractivity contribution in [1.29, 1.82) is 5.26 Å². The van der Waals surface area contributed by atoms with Crippen molar-refractivity contribution in [3.05, 3.63) is 76.1 Å². The SMILES string of the molecule is COC(=O)[C@H]1C(=O)NC(SCC(=O)Nc2ccccc2C)=C(C#N)[C@H]1c1ccccc1F. The van der Waals surface area contributed by atoms with Crippen LogP contribution in [0, 0.1) is 30.0 Å². The topological polar surface area (TPSA) is 108 Å². The third-order valence-corrected chi connectivity index (χ3v) is 6.01. The first-order valence-electron chi connectivity index (χ1n) is 9.63. The Morgan fingerprint density at radius 2 is 1.91 bits per heavy atom. The summed E-state index contributed by atoms with van der Waals surface area (Å²) in [6.45, 7) is 1.85. The fourth-order valence-electron chi connectivity index (χ4n) is 3.42. The lowest BCUT2D eigenvalue weighted by atomic mass is 9.78. The number of carbonyl (C=O) groups excluding carboxylic acids is 3. The Kier molecular flexibility index (Phi) is 7.28. The summed E-state index contributed by atoms with van der Waals surface area (Å²) >= 11 is 0.931. The van der Waals surface area contributed by atoms with Crippen LogP contribution in [0.25, 0.3) is 0 Å². The average molecular weight is 453 g/mol. The van der Waals surface area contributed by atoms with Gasteiger partial charge in [0.1, 0.15) is 11.7 Å². The number of halogens is 1. The molecule has 164 valence electrons. The van der Waals surface area contributed by atoms with Gasteiger partial charge in [-0.3, -0.25) is 14.4 Å². The van der Waals surface area contributed by atoms with E-state index in [1.165, 1.54) is 18.2 Å². The maximum atomic E-state index is 14.6. The number of allylic oxidation sites excluding steroid dienone is 1. The Morgan fingerprint density at radius 3 is 2.56 bits per heavy atom. The van der Waals surface area contributed by atoms with Crippen molar-refractivity contribution in [2.45, 2.75) is 12.8 Å². The monoisotopic (exact) mass is 453 g/mol. The summed E-state index contributed by atoms with van der Waals surface area (Å²) in [5, 5.41) is 15.2. The van der Waals surface area contributed by atoms with Crippen molar-refractivity contribution < 1.29 is 23.5 Å². The number of benzene rings is 2. The van der Waals surface area contributed by atoms with E-state index in [-0.39, 0.29) is 27.8 Å². The minimum atomic E-state index is -1.43. The van der Waals surface area contributed by atoms with Crippen LogP contribution in [0.5, 0.6) is 0 Å². The predicted molar refractivity (Wildman–Crippen MR) is 118 cm³/mol. The molecule has 0 bridgehead atoms. The Balaban J connectivity index is 1.92. The highest BCUT2D eigenvalue weighted by atomic mass is 32.2. The molecular formula is C23H20FN3O4S. The van der Waals surface area contributed by atoms with Crippen molar-refractivity contribution in [3.63, 3.8) is 0 Å². The summed E-state index contributed by atoms with van der Waals surface area (Å²) in [4.78, 5) is 37.5. The number of anilines is 1. The van der Waals surface area contributed by atoms with Crippen molar-refractivity contribution in [2.75, 3.05) is 18.2 Å². The van der Waals surface area contributed by atoms with Crippen LogP contribution in [0.2, 0.25) is 0 Å². The second kappa shape index (κ2) is 10.1. The highest BCUT2D eigenvalue weighted by Gasteiger charge is 2.45. The number of hydrogen-bond acceptors (Lipinski definition) is 6. The molecule has 1 heterocycles. The fourth-order valence-corrected chi connectivity index (χ4v) is 4.27. The number of methoxy groups -OCH3 is 1. The number of esters is 1. The Bertz CT molecular complexity index is 1140. The van der Waals surface area contributed by atoms with E-state index in [1.54, 1.807) is 18.2 Å². The van der Waals surface area contributed by atoms with Gasteiger partial charge in [-0.2, -0.15) is 5.26 Å². The molecular weight excluding hydrogens is 433 g/mol. The zero-order valence-corrected chi connectivity index (χ0v) is 18.2. The third kappa shape index (κ3) is 4.81. The molecule has 2 N–H and O–H groups in total. The minimum absolute atomic E-state index is 0.0150. The highest BCUT2D eigenvalue weighted by molar-refractivity contribution is 8.03. The number of ether oxygens (including phenoxy) is 1. The number of hydrogen-bond donors (Lipinski definition) is 2. The van der Waals surface area contributed by atoms with E-state index in [1.807, 2.05) is 25.1 Å². The first-order chi connectivity index (χ1) is 15.4. The van der Waals surface area contributed by atoms with Crippen molar-refractivity contribution in [1.82, 2.24) is 5.32 Å². The largest absolute Gasteiger partial charge is 0.468 e. The van der Waals surface area contributed by atoms with Gasteiger partial charge in [0.15, 0.2) is 0 Å². The summed E-state index contributed by atoms with van der Waals surface area (Å²) in [5.41, 5.74) is 1.54. The lowest BCUT2D eigenvalue weighted by Crippen LogP contribution is -2.44. The van der Waals surface area contributed by atoms with Gasteiger partial charge in [-0.05, 0) is 30.2 Å². The first kappa shape index (κ1) is 23.0. The molecule has 32 heavy (non-hydrogen) atoms. The molecule has 3 rings (SSSR count). The van der Waals surface area contributed by atoms with Crippen LogP contribution in [0.1, 0.15) is 17.0 Å². The highest BCUT2D eigenvalue weighted by Crippen LogP contribution is 2.41. The third-order valence-electron chi connectivity index (χ3n) is 4.99. The first-order valence-corrected chi connectivity index (χ1v) is 10.6. The fraction of sp³-hybridized carbons (Fsp3) is 0.217. The summed E-state index contributed by atoms with van der Waals surface area (Å²) in [6, 6.07) is 14.9. The van der Waals surface area contributed by atoms with Crippen LogP contribution in [0.15, 0.2) is 59.1 Å². The molecule has 7 nitrogen and oxygen atoms in total. The van der Waals surface area contributed by atoms with Crippen molar-refractivity contribution >= 4 is 35.2 Å². The van der Waals surface area contributed by atoms with E-state index in [2.05, 4.69) is 10.6 Å². The maximum Gasteiger partial charge on any atom is 0.319 e. The molecule has 0 fully saturated rings. The maximum absolute atomic E-state index is 14.6.